The van der Waals surface area contributed by atoms with Gasteiger partial charge in [-0.3, -0.25) is 0 Å². The van der Waals surface area contributed by atoms with Crippen molar-refractivity contribution < 1.29 is 9.30 Å². The summed E-state index contributed by atoms with van der Waals surface area (Å²) in [6.07, 6.45) is 4.08. The highest BCUT2D eigenvalue weighted by atomic mass is 32.9. The Labute approximate surface area is 136 Å². The standard InChI is InChI=1S/C16H14NOS3/c19-16-12-15(20-21-16)13-4-6-14(7-5-13)18-11-10-17-8-2-1-3-9-17/h1-9,12H,10-11H2/q+1. The van der Waals surface area contributed by atoms with Crippen molar-refractivity contribution in [3.8, 4) is 16.2 Å². The van der Waals surface area contributed by atoms with Crippen LogP contribution in [0.5, 0.6) is 5.75 Å². The molecule has 21 heavy (non-hydrogen) atoms. The zero-order chi connectivity index (χ0) is 14.5. The van der Waals surface area contributed by atoms with E-state index in [0.717, 1.165) is 16.1 Å². The van der Waals surface area contributed by atoms with E-state index in [1.165, 1.54) is 10.4 Å². The van der Waals surface area contributed by atoms with Gasteiger partial charge < -0.3 is 4.74 Å². The highest BCUT2D eigenvalue weighted by Gasteiger charge is 2.02. The second-order valence-electron chi connectivity index (χ2n) is 4.48. The van der Waals surface area contributed by atoms with Gasteiger partial charge in [-0.05, 0) is 35.9 Å². The summed E-state index contributed by atoms with van der Waals surface area (Å²) in [6, 6.07) is 16.3. The molecule has 2 nitrogen and oxygen atoms in total. The Morgan fingerprint density at radius 1 is 1.00 bits per heavy atom. The molecule has 106 valence electrons. The lowest BCUT2D eigenvalue weighted by Gasteiger charge is -2.05. The topological polar surface area (TPSA) is 13.1 Å². The molecule has 0 aliphatic heterocycles. The summed E-state index contributed by atoms with van der Waals surface area (Å²) in [5.41, 5.74) is 1.19. The molecule has 0 saturated heterocycles. The van der Waals surface area contributed by atoms with E-state index in [9.17, 15) is 0 Å². The van der Waals surface area contributed by atoms with E-state index in [4.69, 9.17) is 17.0 Å². The van der Waals surface area contributed by atoms with Gasteiger partial charge in [-0.25, -0.2) is 4.57 Å². The van der Waals surface area contributed by atoms with Crippen LogP contribution in [0.15, 0.2) is 60.9 Å². The van der Waals surface area contributed by atoms with Crippen molar-refractivity contribution in [3.63, 3.8) is 0 Å². The number of aromatic nitrogens is 1. The van der Waals surface area contributed by atoms with Crippen LogP contribution in [0, 0.1) is 3.82 Å². The third-order valence-electron chi connectivity index (χ3n) is 3.00. The van der Waals surface area contributed by atoms with Gasteiger partial charge in [-0.15, -0.1) is 0 Å². The molecule has 0 spiro atoms. The Kier molecular flexibility index (Phi) is 4.75. The molecule has 0 bridgehead atoms. The number of pyridine rings is 1. The van der Waals surface area contributed by atoms with Gasteiger partial charge in [-0.1, -0.05) is 39.0 Å². The fourth-order valence-corrected chi connectivity index (χ4v) is 4.34. The summed E-state index contributed by atoms with van der Waals surface area (Å²) < 4.78 is 8.81. The molecule has 0 N–H and O–H groups in total. The molecular formula is C16H14NOS3+. The van der Waals surface area contributed by atoms with E-state index in [2.05, 4.69) is 16.7 Å². The van der Waals surface area contributed by atoms with E-state index >= 15 is 0 Å². The molecule has 0 unspecified atom stereocenters. The van der Waals surface area contributed by atoms with Crippen LogP contribution in [0.25, 0.3) is 10.4 Å². The average molecular weight is 332 g/mol. The Morgan fingerprint density at radius 3 is 2.43 bits per heavy atom. The second-order valence-corrected chi connectivity index (χ2v) is 7.39. The summed E-state index contributed by atoms with van der Waals surface area (Å²) in [5, 5.41) is 0. The highest BCUT2D eigenvalue weighted by molar-refractivity contribution is 7.80. The maximum Gasteiger partial charge on any atom is 0.182 e. The fraction of sp³-hybridized carbons (Fsp3) is 0.125. The average Bonchev–Trinajstić information content (AvgIpc) is 2.96. The minimum atomic E-state index is 0.658. The van der Waals surface area contributed by atoms with Crippen molar-refractivity contribution in [1.29, 1.82) is 0 Å². The van der Waals surface area contributed by atoms with E-state index < -0.39 is 0 Å². The summed E-state index contributed by atoms with van der Waals surface area (Å²) in [4.78, 5) is 1.22. The lowest BCUT2D eigenvalue weighted by Crippen LogP contribution is -2.35. The van der Waals surface area contributed by atoms with Gasteiger partial charge in [0.15, 0.2) is 18.9 Å². The van der Waals surface area contributed by atoms with Crippen LogP contribution in [-0.2, 0) is 6.54 Å². The van der Waals surface area contributed by atoms with Crippen molar-refractivity contribution in [3.05, 3.63) is 64.7 Å². The smallest absolute Gasteiger partial charge is 0.182 e. The molecular weight excluding hydrogens is 318 g/mol. The summed E-state index contributed by atoms with van der Waals surface area (Å²) in [6.45, 7) is 1.50. The number of rotatable bonds is 5. The first-order valence-electron chi connectivity index (χ1n) is 6.59. The fourth-order valence-electron chi connectivity index (χ4n) is 1.94. The molecule has 0 fully saturated rings. The van der Waals surface area contributed by atoms with Gasteiger partial charge >= 0.3 is 0 Å². The molecule has 0 aliphatic rings. The lowest BCUT2D eigenvalue weighted by molar-refractivity contribution is -0.697. The highest BCUT2D eigenvalue weighted by Crippen LogP contribution is 2.30. The van der Waals surface area contributed by atoms with E-state index in [1.54, 1.807) is 20.7 Å². The molecule has 0 aliphatic carbocycles. The largest absolute Gasteiger partial charge is 0.487 e. The molecule has 2 heterocycles. The first-order chi connectivity index (χ1) is 10.3. The van der Waals surface area contributed by atoms with Gasteiger partial charge in [0.25, 0.3) is 0 Å². The maximum absolute atomic E-state index is 5.77. The van der Waals surface area contributed by atoms with Gasteiger partial charge in [0.2, 0.25) is 0 Å². The van der Waals surface area contributed by atoms with Crippen molar-refractivity contribution >= 4 is 32.9 Å². The number of hydrogen-bond donors (Lipinski definition) is 0. The molecule has 2 aromatic heterocycles. The van der Waals surface area contributed by atoms with Crippen molar-refractivity contribution in [2.75, 3.05) is 6.61 Å². The summed E-state index contributed by atoms with van der Waals surface area (Å²) in [7, 11) is 3.35. The van der Waals surface area contributed by atoms with Crippen LogP contribution in [0.3, 0.4) is 0 Å². The number of benzene rings is 1. The molecule has 5 heteroatoms. The monoisotopic (exact) mass is 332 g/mol. The van der Waals surface area contributed by atoms with E-state index in [1.807, 2.05) is 48.8 Å². The van der Waals surface area contributed by atoms with Crippen LogP contribution in [0.4, 0.5) is 0 Å². The van der Waals surface area contributed by atoms with Gasteiger partial charge in [-0.2, -0.15) is 0 Å². The number of hydrogen-bond acceptors (Lipinski definition) is 4. The minimum Gasteiger partial charge on any atom is -0.487 e. The Morgan fingerprint density at radius 2 is 1.76 bits per heavy atom. The molecule has 3 rings (SSSR count). The first kappa shape index (κ1) is 14.4. The molecule has 0 atom stereocenters. The van der Waals surface area contributed by atoms with Crippen molar-refractivity contribution in [2.24, 2.45) is 0 Å². The zero-order valence-corrected chi connectivity index (χ0v) is 13.7. The Balaban J connectivity index is 1.58. The van der Waals surface area contributed by atoms with Crippen molar-refractivity contribution in [1.82, 2.24) is 0 Å². The van der Waals surface area contributed by atoms with Crippen LogP contribution in [-0.4, -0.2) is 6.61 Å². The maximum atomic E-state index is 5.77. The van der Waals surface area contributed by atoms with Crippen LogP contribution < -0.4 is 9.30 Å². The van der Waals surface area contributed by atoms with Crippen LogP contribution in [0.2, 0.25) is 0 Å². The van der Waals surface area contributed by atoms with Gasteiger partial charge in [0.1, 0.15) is 16.2 Å². The first-order valence-corrected chi connectivity index (χ1v) is 9.14. The summed E-state index contributed by atoms with van der Waals surface area (Å²) >= 11 is 5.16. The molecule has 1 aromatic carbocycles. The minimum absolute atomic E-state index is 0.658. The molecule has 3 aromatic rings. The normalized spacial score (nSPS) is 10.5. The predicted octanol–water partition coefficient (Wildman–Crippen LogP) is 4.57. The molecule has 0 radical (unpaired) electrons. The predicted molar refractivity (Wildman–Crippen MR) is 90.6 cm³/mol. The van der Waals surface area contributed by atoms with Crippen molar-refractivity contribution in [2.45, 2.75) is 6.54 Å². The zero-order valence-electron chi connectivity index (χ0n) is 11.3. The van der Waals surface area contributed by atoms with Gasteiger partial charge in [0, 0.05) is 17.0 Å². The third kappa shape index (κ3) is 3.97. The number of ether oxygens (including phenoxy) is 1. The summed E-state index contributed by atoms with van der Waals surface area (Å²) in [5.74, 6) is 0.897. The second kappa shape index (κ2) is 6.93. The van der Waals surface area contributed by atoms with Crippen LogP contribution >= 0.6 is 32.9 Å². The van der Waals surface area contributed by atoms with E-state index in [-0.39, 0.29) is 0 Å². The van der Waals surface area contributed by atoms with Gasteiger partial charge in [0.05, 0.1) is 0 Å². The Bertz CT molecular complexity index is 747. The van der Waals surface area contributed by atoms with E-state index in [0.29, 0.717) is 6.61 Å². The lowest BCUT2D eigenvalue weighted by atomic mass is 10.2. The SMILES string of the molecule is S=c1cc(-c2ccc(OCC[n+]3ccccc3)cc2)ss1. The quantitative estimate of drug-likeness (QED) is 0.386. The third-order valence-corrected chi connectivity index (χ3v) is 5.91. The Hall–Kier alpha value is -1.56. The van der Waals surface area contributed by atoms with Crippen LogP contribution in [0.1, 0.15) is 0 Å². The number of nitrogens with zero attached hydrogens (tertiary/aromatic N) is 1. The molecule has 0 amide bonds. The molecule has 0 saturated carbocycles.